The van der Waals surface area contributed by atoms with Gasteiger partial charge in [-0.15, -0.1) is 0 Å². The summed E-state index contributed by atoms with van der Waals surface area (Å²) < 4.78 is 4.97. The molecule has 0 spiro atoms. The minimum absolute atomic E-state index is 0.000592. The van der Waals surface area contributed by atoms with Crippen LogP contribution in [0.25, 0.3) is 6.08 Å². The van der Waals surface area contributed by atoms with Gasteiger partial charge in [-0.25, -0.2) is 0 Å². The van der Waals surface area contributed by atoms with Crippen LogP contribution in [0.5, 0.6) is 0 Å². The molecule has 0 aromatic heterocycles. The predicted molar refractivity (Wildman–Crippen MR) is 107 cm³/mol. The van der Waals surface area contributed by atoms with E-state index < -0.39 is 5.97 Å². The molecule has 2 rings (SSSR count). The van der Waals surface area contributed by atoms with Gasteiger partial charge in [0.25, 0.3) is 5.91 Å². The van der Waals surface area contributed by atoms with Crippen molar-refractivity contribution in [3.05, 3.63) is 77.9 Å². The Morgan fingerprint density at radius 2 is 1.64 bits per heavy atom. The number of carbonyl (C=O) groups excluding carboxylic acids is 3. The van der Waals surface area contributed by atoms with E-state index in [2.05, 4.69) is 5.32 Å². The smallest absolute Gasteiger partial charge is 0.308 e. The average Bonchev–Trinajstić information content (AvgIpc) is 2.72. The van der Waals surface area contributed by atoms with E-state index >= 15 is 0 Å². The second-order valence-corrected chi connectivity index (χ2v) is 6.18. The number of ether oxygens (including phenoxy) is 1. The van der Waals surface area contributed by atoms with Crippen molar-refractivity contribution in [1.29, 1.82) is 0 Å². The van der Waals surface area contributed by atoms with Gasteiger partial charge in [-0.2, -0.15) is 0 Å². The summed E-state index contributed by atoms with van der Waals surface area (Å²) >= 11 is 0. The molecule has 0 saturated carbocycles. The van der Waals surface area contributed by atoms with Gasteiger partial charge >= 0.3 is 5.97 Å². The number of carbonyl (C=O) groups is 3. The zero-order valence-corrected chi connectivity index (χ0v) is 15.8. The van der Waals surface area contributed by atoms with Crippen molar-refractivity contribution in [2.24, 2.45) is 0 Å². The Labute approximate surface area is 164 Å². The number of nitrogens with one attached hydrogen (secondary N) is 1. The fourth-order valence-electron chi connectivity index (χ4n) is 2.35. The van der Waals surface area contributed by atoms with Gasteiger partial charge in [0.15, 0.2) is 6.61 Å². The molecule has 0 atom stereocenters. The number of hydrogen-bond acceptors (Lipinski definition) is 4. The molecule has 0 bridgehead atoms. The SMILES string of the molecule is CN(Cc1ccccc1)C(=O)COC(=O)CCNC(=O)/C=C/c1ccccc1. The molecule has 0 saturated heterocycles. The molecule has 28 heavy (non-hydrogen) atoms. The maximum absolute atomic E-state index is 12.0. The lowest BCUT2D eigenvalue weighted by atomic mass is 10.2. The van der Waals surface area contributed by atoms with E-state index in [1.807, 2.05) is 60.7 Å². The van der Waals surface area contributed by atoms with Gasteiger partial charge in [0.1, 0.15) is 0 Å². The molecule has 6 nitrogen and oxygen atoms in total. The first-order chi connectivity index (χ1) is 13.5. The summed E-state index contributed by atoms with van der Waals surface area (Å²) in [6.45, 7) is 0.274. The first-order valence-electron chi connectivity index (χ1n) is 8.99. The minimum atomic E-state index is -0.534. The molecule has 2 aromatic rings. The molecule has 2 aromatic carbocycles. The molecule has 6 heteroatoms. The monoisotopic (exact) mass is 380 g/mol. The van der Waals surface area contributed by atoms with Crippen molar-refractivity contribution in [2.45, 2.75) is 13.0 Å². The molecule has 0 heterocycles. The average molecular weight is 380 g/mol. The van der Waals surface area contributed by atoms with Gasteiger partial charge in [0, 0.05) is 26.2 Å². The van der Waals surface area contributed by atoms with Crippen LogP contribution in [0.3, 0.4) is 0 Å². The highest BCUT2D eigenvalue weighted by atomic mass is 16.5. The number of amides is 2. The summed E-state index contributed by atoms with van der Waals surface area (Å²) in [6, 6.07) is 19.0. The van der Waals surface area contributed by atoms with Crippen LogP contribution in [-0.2, 0) is 25.7 Å². The zero-order chi connectivity index (χ0) is 20.2. The molecule has 146 valence electrons. The second kappa shape index (κ2) is 11.3. The lowest BCUT2D eigenvalue weighted by Crippen LogP contribution is -2.31. The third-order valence-corrected chi connectivity index (χ3v) is 3.90. The van der Waals surface area contributed by atoms with E-state index in [-0.39, 0.29) is 31.4 Å². The topological polar surface area (TPSA) is 75.7 Å². The van der Waals surface area contributed by atoms with Gasteiger partial charge in [-0.3, -0.25) is 14.4 Å². The number of nitrogens with zero attached hydrogens (tertiary/aromatic N) is 1. The Hall–Kier alpha value is -3.41. The molecule has 0 unspecified atom stereocenters. The Morgan fingerprint density at radius 3 is 2.32 bits per heavy atom. The van der Waals surface area contributed by atoms with Crippen LogP contribution in [0.1, 0.15) is 17.5 Å². The number of likely N-dealkylation sites (N-methyl/N-ethyl adjacent to an activating group) is 1. The molecule has 0 radical (unpaired) electrons. The Bertz CT molecular complexity index is 804. The Balaban J connectivity index is 1.62. The van der Waals surface area contributed by atoms with Crippen LogP contribution in [0, 0.1) is 0 Å². The van der Waals surface area contributed by atoms with E-state index in [4.69, 9.17) is 4.74 Å². The summed E-state index contributed by atoms with van der Waals surface area (Å²) in [6.07, 6.45) is 3.10. The third-order valence-electron chi connectivity index (χ3n) is 3.90. The van der Waals surface area contributed by atoms with Crippen LogP contribution in [0.2, 0.25) is 0 Å². The van der Waals surface area contributed by atoms with Gasteiger partial charge in [-0.1, -0.05) is 60.7 Å². The van der Waals surface area contributed by atoms with Crippen molar-refractivity contribution in [2.75, 3.05) is 20.2 Å². The van der Waals surface area contributed by atoms with Crippen LogP contribution in [0.4, 0.5) is 0 Å². The van der Waals surface area contributed by atoms with Gasteiger partial charge in [-0.05, 0) is 17.2 Å². The number of benzene rings is 2. The van der Waals surface area contributed by atoms with Gasteiger partial charge in [0.2, 0.25) is 5.91 Å². The van der Waals surface area contributed by atoms with E-state index in [0.717, 1.165) is 11.1 Å². The third kappa shape index (κ3) is 7.86. The molecular weight excluding hydrogens is 356 g/mol. The number of rotatable bonds is 9. The number of hydrogen-bond donors (Lipinski definition) is 1. The minimum Gasteiger partial charge on any atom is -0.456 e. The van der Waals surface area contributed by atoms with E-state index in [1.54, 1.807) is 13.1 Å². The van der Waals surface area contributed by atoms with Crippen molar-refractivity contribution in [1.82, 2.24) is 10.2 Å². The zero-order valence-electron chi connectivity index (χ0n) is 15.8. The summed E-state index contributed by atoms with van der Waals surface area (Å²) in [5.74, 6) is -1.11. The summed E-state index contributed by atoms with van der Waals surface area (Å²) in [7, 11) is 1.66. The predicted octanol–water partition coefficient (Wildman–Crippen LogP) is 2.41. The number of esters is 1. The van der Waals surface area contributed by atoms with Crippen molar-refractivity contribution < 1.29 is 19.1 Å². The summed E-state index contributed by atoms with van der Waals surface area (Å²) in [5.41, 5.74) is 1.91. The molecule has 1 N–H and O–H groups in total. The van der Waals surface area contributed by atoms with Crippen LogP contribution in [0.15, 0.2) is 66.7 Å². The normalized spacial score (nSPS) is 10.5. The molecule has 0 aliphatic rings. The molecule has 0 aliphatic heterocycles. The highest BCUT2D eigenvalue weighted by Crippen LogP contribution is 2.03. The Morgan fingerprint density at radius 1 is 1.00 bits per heavy atom. The summed E-state index contributed by atoms with van der Waals surface area (Å²) in [5, 5.41) is 2.60. The molecule has 0 aliphatic carbocycles. The molecule has 0 fully saturated rings. The van der Waals surface area contributed by atoms with Crippen LogP contribution < -0.4 is 5.32 Å². The van der Waals surface area contributed by atoms with Gasteiger partial charge < -0.3 is 15.0 Å². The lowest BCUT2D eigenvalue weighted by molar-refractivity contribution is -0.151. The molecular formula is C22H24N2O4. The van der Waals surface area contributed by atoms with Crippen molar-refractivity contribution >= 4 is 23.9 Å². The fourth-order valence-corrected chi connectivity index (χ4v) is 2.35. The first kappa shape index (κ1) is 20.9. The van der Waals surface area contributed by atoms with Crippen molar-refractivity contribution in [3.8, 4) is 0 Å². The van der Waals surface area contributed by atoms with Crippen LogP contribution in [-0.4, -0.2) is 42.9 Å². The van der Waals surface area contributed by atoms with Crippen LogP contribution >= 0.6 is 0 Å². The standard InChI is InChI=1S/C22H24N2O4/c1-24(16-19-10-6-3-7-11-19)21(26)17-28-22(27)14-15-23-20(25)13-12-18-8-4-2-5-9-18/h2-13H,14-17H2,1H3,(H,23,25)/b13-12+. The maximum Gasteiger partial charge on any atom is 0.308 e. The lowest BCUT2D eigenvalue weighted by Gasteiger charge is -2.17. The Kier molecular flexibility index (Phi) is 8.46. The summed E-state index contributed by atoms with van der Waals surface area (Å²) in [4.78, 5) is 37.0. The largest absolute Gasteiger partial charge is 0.456 e. The molecule has 2 amide bonds. The quantitative estimate of drug-likeness (QED) is 0.535. The highest BCUT2D eigenvalue weighted by Gasteiger charge is 2.12. The van der Waals surface area contributed by atoms with E-state index in [0.29, 0.717) is 6.54 Å². The van der Waals surface area contributed by atoms with E-state index in [1.165, 1.54) is 11.0 Å². The van der Waals surface area contributed by atoms with Crippen molar-refractivity contribution in [3.63, 3.8) is 0 Å². The highest BCUT2D eigenvalue weighted by molar-refractivity contribution is 5.91. The fraction of sp³-hybridized carbons (Fsp3) is 0.227. The second-order valence-electron chi connectivity index (χ2n) is 6.18. The van der Waals surface area contributed by atoms with Gasteiger partial charge in [0.05, 0.1) is 6.42 Å². The van der Waals surface area contributed by atoms with E-state index in [9.17, 15) is 14.4 Å². The first-order valence-corrected chi connectivity index (χ1v) is 8.99. The maximum atomic E-state index is 12.0.